The van der Waals surface area contributed by atoms with E-state index in [1.807, 2.05) is 13.8 Å². The van der Waals surface area contributed by atoms with Gasteiger partial charge in [-0.15, -0.1) is 0 Å². The lowest BCUT2D eigenvalue weighted by Gasteiger charge is -2.15. The molecule has 0 atom stereocenters. The van der Waals surface area contributed by atoms with E-state index in [-0.39, 0.29) is 28.2 Å². The zero-order valence-corrected chi connectivity index (χ0v) is 12.7. The Kier molecular flexibility index (Phi) is 5.52. The van der Waals surface area contributed by atoms with Crippen molar-refractivity contribution in [1.29, 1.82) is 0 Å². The summed E-state index contributed by atoms with van der Waals surface area (Å²) in [7, 11) is -2.60. The molecule has 0 saturated carbocycles. The largest absolute Gasteiger partial charge is 0.495 e. The first-order chi connectivity index (χ1) is 9.33. The molecule has 0 bridgehead atoms. The number of hydrogen-bond acceptors (Lipinski definition) is 4. The van der Waals surface area contributed by atoms with Crippen LogP contribution in [0.1, 0.15) is 37.0 Å². The van der Waals surface area contributed by atoms with E-state index in [9.17, 15) is 13.2 Å². The number of nitrogens with one attached hydrogen (secondary N) is 1. The molecule has 0 saturated heterocycles. The monoisotopic (exact) mass is 300 g/mol. The third kappa shape index (κ3) is 3.94. The van der Waals surface area contributed by atoms with Crippen molar-refractivity contribution in [2.45, 2.75) is 37.6 Å². The molecule has 1 aromatic rings. The van der Waals surface area contributed by atoms with Crippen LogP contribution in [0.2, 0.25) is 0 Å². The molecule has 6 nitrogen and oxygen atoms in total. The highest BCUT2D eigenvalue weighted by molar-refractivity contribution is 7.89. The molecule has 0 fully saturated rings. The summed E-state index contributed by atoms with van der Waals surface area (Å²) in [4.78, 5) is 11.9. The van der Waals surface area contributed by atoms with Crippen LogP contribution >= 0.6 is 0 Å². The number of carbonyl (C=O) groups is 1. The number of rotatable bonds is 6. The van der Waals surface area contributed by atoms with Crippen LogP contribution in [0, 0.1) is 0 Å². The standard InChI is InChI=1S/C13H20N2O4S/c1-4-10(5-2)15-13(16)9-6-7-11(19-3)12(8-9)20(14,17)18/h6-8,10H,4-5H2,1-3H3,(H,15,16)(H2,14,17,18). The summed E-state index contributed by atoms with van der Waals surface area (Å²) in [6, 6.07) is 4.21. The van der Waals surface area contributed by atoms with Crippen molar-refractivity contribution in [1.82, 2.24) is 5.32 Å². The number of methoxy groups -OCH3 is 1. The maximum atomic E-state index is 12.1. The topological polar surface area (TPSA) is 98.5 Å². The van der Waals surface area contributed by atoms with E-state index in [0.717, 1.165) is 12.8 Å². The van der Waals surface area contributed by atoms with Crippen LogP contribution in [0.3, 0.4) is 0 Å². The molecule has 0 aromatic heterocycles. The minimum absolute atomic E-state index is 0.0579. The zero-order valence-electron chi connectivity index (χ0n) is 11.8. The van der Waals surface area contributed by atoms with Crippen molar-refractivity contribution in [3.05, 3.63) is 23.8 Å². The van der Waals surface area contributed by atoms with Crippen molar-refractivity contribution in [3.8, 4) is 5.75 Å². The van der Waals surface area contributed by atoms with Crippen LogP contribution in [-0.4, -0.2) is 27.5 Å². The number of sulfonamides is 1. The SMILES string of the molecule is CCC(CC)NC(=O)c1ccc(OC)c(S(N)(=O)=O)c1. The highest BCUT2D eigenvalue weighted by Gasteiger charge is 2.18. The van der Waals surface area contributed by atoms with Gasteiger partial charge in [0.25, 0.3) is 5.91 Å². The van der Waals surface area contributed by atoms with Gasteiger partial charge in [0, 0.05) is 11.6 Å². The fourth-order valence-corrected chi connectivity index (χ4v) is 2.52. The van der Waals surface area contributed by atoms with Crippen LogP contribution in [-0.2, 0) is 10.0 Å². The zero-order chi connectivity index (χ0) is 15.3. The summed E-state index contributed by atoms with van der Waals surface area (Å²) in [5, 5.41) is 7.95. The van der Waals surface area contributed by atoms with Crippen LogP contribution < -0.4 is 15.2 Å². The van der Waals surface area contributed by atoms with Crippen molar-refractivity contribution < 1.29 is 17.9 Å². The molecule has 0 unspecified atom stereocenters. The molecule has 0 aliphatic carbocycles. The van der Waals surface area contributed by atoms with Crippen LogP contribution in [0.5, 0.6) is 5.75 Å². The Hall–Kier alpha value is -1.60. The fraction of sp³-hybridized carbons (Fsp3) is 0.462. The minimum atomic E-state index is -3.95. The van der Waals surface area contributed by atoms with E-state index in [0.29, 0.717) is 0 Å². The van der Waals surface area contributed by atoms with E-state index in [1.165, 1.54) is 25.3 Å². The second-order valence-electron chi connectivity index (χ2n) is 4.40. The predicted octanol–water partition coefficient (Wildman–Crippen LogP) is 1.26. The van der Waals surface area contributed by atoms with Gasteiger partial charge in [0.1, 0.15) is 10.6 Å². The van der Waals surface area contributed by atoms with E-state index < -0.39 is 10.0 Å². The van der Waals surface area contributed by atoms with Crippen LogP contribution in [0.25, 0.3) is 0 Å². The highest BCUT2D eigenvalue weighted by Crippen LogP contribution is 2.23. The molecule has 7 heteroatoms. The average Bonchev–Trinajstić information content (AvgIpc) is 2.42. The van der Waals surface area contributed by atoms with E-state index in [2.05, 4.69) is 5.32 Å². The molecule has 1 rings (SSSR count). The summed E-state index contributed by atoms with van der Waals surface area (Å²) in [6.45, 7) is 3.94. The average molecular weight is 300 g/mol. The first-order valence-corrected chi connectivity index (χ1v) is 7.89. The van der Waals surface area contributed by atoms with Gasteiger partial charge in [0.05, 0.1) is 7.11 Å². The Labute approximate surface area is 119 Å². The van der Waals surface area contributed by atoms with Crippen molar-refractivity contribution >= 4 is 15.9 Å². The second-order valence-corrected chi connectivity index (χ2v) is 5.93. The third-order valence-electron chi connectivity index (χ3n) is 3.05. The summed E-state index contributed by atoms with van der Waals surface area (Å²) in [6.07, 6.45) is 1.61. The molecule has 3 N–H and O–H groups in total. The van der Waals surface area contributed by atoms with Gasteiger partial charge in [-0.3, -0.25) is 4.79 Å². The molecule has 0 aliphatic rings. The lowest BCUT2D eigenvalue weighted by molar-refractivity contribution is 0.0934. The molecule has 0 heterocycles. The maximum Gasteiger partial charge on any atom is 0.251 e. The molecule has 0 aliphatic heterocycles. The van der Waals surface area contributed by atoms with Gasteiger partial charge in [-0.25, -0.2) is 13.6 Å². The maximum absolute atomic E-state index is 12.1. The van der Waals surface area contributed by atoms with Gasteiger partial charge in [-0.1, -0.05) is 13.8 Å². The number of ether oxygens (including phenoxy) is 1. The number of benzene rings is 1. The summed E-state index contributed by atoms with van der Waals surface area (Å²) in [5.74, 6) is -0.210. The Morgan fingerprint density at radius 3 is 2.40 bits per heavy atom. The van der Waals surface area contributed by atoms with E-state index in [1.54, 1.807) is 0 Å². The Bertz CT molecular complexity index is 580. The Balaban J connectivity index is 3.12. The summed E-state index contributed by atoms with van der Waals surface area (Å²) < 4.78 is 27.9. The number of carbonyl (C=O) groups excluding carboxylic acids is 1. The van der Waals surface area contributed by atoms with E-state index in [4.69, 9.17) is 9.88 Å². The van der Waals surface area contributed by atoms with Gasteiger partial charge in [-0.2, -0.15) is 0 Å². The summed E-state index contributed by atoms with van der Waals surface area (Å²) in [5.41, 5.74) is 0.238. The predicted molar refractivity (Wildman–Crippen MR) is 76.2 cm³/mol. The van der Waals surface area contributed by atoms with Crippen LogP contribution in [0.4, 0.5) is 0 Å². The fourth-order valence-electron chi connectivity index (χ4n) is 1.80. The van der Waals surface area contributed by atoms with E-state index >= 15 is 0 Å². The molecule has 112 valence electrons. The summed E-state index contributed by atoms with van der Waals surface area (Å²) >= 11 is 0. The highest BCUT2D eigenvalue weighted by atomic mass is 32.2. The first-order valence-electron chi connectivity index (χ1n) is 6.35. The van der Waals surface area contributed by atoms with Crippen molar-refractivity contribution in [3.63, 3.8) is 0 Å². The molecule has 0 radical (unpaired) electrons. The van der Waals surface area contributed by atoms with Crippen molar-refractivity contribution in [2.24, 2.45) is 5.14 Å². The molecule has 1 aromatic carbocycles. The number of nitrogens with two attached hydrogens (primary N) is 1. The van der Waals surface area contributed by atoms with Gasteiger partial charge in [0.15, 0.2) is 0 Å². The molecule has 20 heavy (non-hydrogen) atoms. The Morgan fingerprint density at radius 2 is 1.95 bits per heavy atom. The molecular formula is C13H20N2O4S. The molecule has 0 spiro atoms. The second kappa shape index (κ2) is 6.71. The van der Waals surface area contributed by atoms with Gasteiger partial charge >= 0.3 is 0 Å². The quantitative estimate of drug-likeness (QED) is 0.826. The van der Waals surface area contributed by atoms with Gasteiger partial charge in [-0.05, 0) is 31.0 Å². The lowest BCUT2D eigenvalue weighted by Crippen LogP contribution is -2.33. The number of hydrogen-bond donors (Lipinski definition) is 2. The van der Waals surface area contributed by atoms with Crippen molar-refractivity contribution in [2.75, 3.05) is 7.11 Å². The van der Waals surface area contributed by atoms with Crippen LogP contribution in [0.15, 0.2) is 23.1 Å². The normalized spacial score (nSPS) is 11.4. The first kappa shape index (κ1) is 16.5. The smallest absolute Gasteiger partial charge is 0.251 e. The molecule has 1 amide bonds. The number of amides is 1. The van der Waals surface area contributed by atoms with Gasteiger partial charge < -0.3 is 10.1 Å². The lowest BCUT2D eigenvalue weighted by atomic mass is 10.1. The number of primary sulfonamides is 1. The molecular weight excluding hydrogens is 280 g/mol. The van der Waals surface area contributed by atoms with Gasteiger partial charge in [0.2, 0.25) is 10.0 Å². The Morgan fingerprint density at radius 1 is 1.35 bits per heavy atom. The minimum Gasteiger partial charge on any atom is -0.495 e. The third-order valence-corrected chi connectivity index (χ3v) is 3.99.